The van der Waals surface area contributed by atoms with Crippen LogP contribution in [0.25, 0.3) is 17.0 Å². The van der Waals surface area contributed by atoms with Gasteiger partial charge in [0.2, 0.25) is 5.95 Å². The Hall–Kier alpha value is -4.16. The third kappa shape index (κ3) is 5.46. The predicted molar refractivity (Wildman–Crippen MR) is 116 cm³/mol. The van der Waals surface area contributed by atoms with Crippen molar-refractivity contribution in [2.45, 2.75) is 20.1 Å². The minimum Gasteiger partial charge on any atom is -0.383 e. The standard InChI is InChI=1S/C22H22N8O/c1-14-6-7-15(8-16(14)10-23)19-9-20(29-22(24)28-19)21(30-25)12-26-11-17-4-3-5-18(27-17)13-31-2/h3-9,12,25-26H,11,13H2,1-2H3,(H2,24,28,29)/b21-12-,30-25?. The Morgan fingerprint density at radius 2 is 2.03 bits per heavy atom. The van der Waals surface area contributed by atoms with Crippen LogP contribution in [0.4, 0.5) is 5.95 Å². The SMILES string of the molecule is COCc1cccc(CN/C=C(\N=N)c2cc(-c3ccc(C)c(C#N)c3)nc(N)n2)n1. The molecular weight excluding hydrogens is 392 g/mol. The lowest BCUT2D eigenvalue weighted by Gasteiger charge is -2.08. The lowest BCUT2D eigenvalue weighted by atomic mass is 10.0. The zero-order valence-corrected chi connectivity index (χ0v) is 17.3. The summed E-state index contributed by atoms with van der Waals surface area (Å²) in [7, 11) is 1.62. The minimum absolute atomic E-state index is 0.0510. The molecule has 2 heterocycles. The van der Waals surface area contributed by atoms with Gasteiger partial charge in [-0.15, -0.1) is 0 Å². The van der Waals surface area contributed by atoms with Gasteiger partial charge in [-0.3, -0.25) is 4.98 Å². The van der Waals surface area contributed by atoms with Gasteiger partial charge in [0.15, 0.2) is 0 Å². The van der Waals surface area contributed by atoms with Crippen LogP contribution in [0.2, 0.25) is 0 Å². The largest absolute Gasteiger partial charge is 0.383 e. The number of nitrogens with zero attached hydrogens (tertiary/aromatic N) is 5. The third-order valence-electron chi connectivity index (χ3n) is 4.46. The first-order valence-electron chi connectivity index (χ1n) is 9.45. The van der Waals surface area contributed by atoms with Crippen molar-refractivity contribution in [3.8, 4) is 17.3 Å². The van der Waals surface area contributed by atoms with Crippen molar-refractivity contribution in [3.63, 3.8) is 0 Å². The van der Waals surface area contributed by atoms with E-state index in [0.29, 0.717) is 30.1 Å². The molecule has 0 fully saturated rings. The van der Waals surface area contributed by atoms with E-state index in [4.69, 9.17) is 16.0 Å². The van der Waals surface area contributed by atoms with E-state index < -0.39 is 0 Å². The number of methoxy groups -OCH3 is 1. The Morgan fingerprint density at radius 3 is 2.77 bits per heavy atom. The van der Waals surface area contributed by atoms with Gasteiger partial charge in [-0.25, -0.2) is 15.5 Å². The van der Waals surface area contributed by atoms with Crippen LogP contribution in [0.1, 0.15) is 28.2 Å². The molecule has 0 spiro atoms. The Labute approximate surface area is 180 Å². The summed E-state index contributed by atoms with van der Waals surface area (Å²) in [5.74, 6) is 0.0510. The summed E-state index contributed by atoms with van der Waals surface area (Å²) in [6.45, 7) is 2.74. The second-order valence-corrected chi connectivity index (χ2v) is 6.71. The zero-order chi connectivity index (χ0) is 22.2. The van der Waals surface area contributed by atoms with Crippen molar-refractivity contribution in [2.24, 2.45) is 5.11 Å². The van der Waals surface area contributed by atoms with Crippen LogP contribution >= 0.6 is 0 Å². The smallest absolute Gasteiger partial charge is 0.221 e. The Bertz CT molecular complexity index is 1170. The summed E-state index contributed by atoms with van der Waals surface area (Å²) in [5.41, 5.74) is 18.5. The fraction of sp³-hybridized carbons (Fsp3) is 0.182. The van der Waals surface area contributed by atoms with E-state index in [1.165, 1.54) is 0 Å². The van der Waals surface area contributed by atoms with Gasteiger partial charge in [-0.1, -0.05) is 18.2 Å². The molecule has 0 amide bonds. The van der Waals surface area contributed by atoms with Crippen LogP contribution in [0.3, 0.4) is 0 Å². The van der Waals surface area contributed by atoms with E-state index in [-0.39, 0.29) is 11.6 Å². The average Bonchev–Trinajstić information content (AvgIpc) is 2.77. The maximum Gasteiger partial charge on any atom is 0.221 e. The van der Waals surface area contributed by atoms with E-state index in [9.17, 15) is 5.26 Å². The molecule has 0 saturated heterocycles. The summed E-state index contributed by atoms with van der Waals surface area (Å²) in [6, 6.07) is 15.0. The maximum atomic E-state index is 9.29. The number of ether oxygens (including phenoxy) is 1. The number of pyridine rings is 1. The molecule has 0 aliphatic carbocycles. The molecule has 0 atom stereocenters. The topological polar surface area (TPSA) is 146 Å². The number of nitrogen functional groups attached to an aromatic ring is 1. The van der Waals surface area contributed by atoms with Crippen LogP contribution < -0.4 is 11.1 Å². The number of nitrogens with two attached hydrogens (primary N) is 1. The number of nitriles is 1. The van der Waals surface area contributed by atoms with E-state index in [1.807, 2.05) is 37.3 Å². The first kappa shape index (κ1) is 21.5. The molecule has 4 N–H and O–H groups in total. The highest BCUT2D eigenvalue weighted by Crippen LogP contribution is 2.24. The Kier molecular flexibility index (Phi) is 6.98. The number of aryl methyl sites for hydroxylation is 1. The zero-order valence-electron chi connectivity index (χ0n) is 17.3. The number of aromatic nitrogens is 3. The highest BCUT2D eigenvalue weighted by molar-refractivity contribution is 5.69. The molecule has 1 aromatic carbocycles. The summed E-state index contributed by atoms with van der Waals surface area (Å²) >= 11 is 0. The predicted octanol–water partition coefficient (Wildman–Crippen LogP) is 3.57. The molecular formula is C22H22N8O. The van der Waals surface area contributed by atoms with Crippen molar-refractivity contribution < 1.29 is 4.74 Å². The lowest BCUT2D eigenvalue weighted by Crippen LogP contribution is -2.09. The molecule has 31 heavy (non-hydrogen) atoms. The van der Waals surface area contributed by atoms with Gasteiger partial charge in [0.05, 0.1) is 47.6 Å². The van der Waals surface area contributed by atoms with Crippen molar-refractivity contribution in [2.75, 3.05) is 12.8 Å². The van der Waals surface area contributed by atoms with Gasteiger partial charge in [-0.2, -0.15) is 10.4 Å². The first-order valence-corrected chi connectivity index (χ1v) is 9.45. The monoisotopic (exact) mass is 414 g/mol. The highest BCUT2D eigenvalue weighted by atomic mass is 16.5. The molecule has 156 valence electrons. The van der Waals surface area contributed by atoms with Crippen molar-refractivity contribution >= 4 is 11.6 Å². The van der Waals surface area contributed by atoms with Gasteiger partial charge >= 0.3 is 0 Å². The second-order valence-electron chi connectivity index (χ2n) is 6.71. The number of hydrogen-bond donors (Lipinski definition) is 3. The molecule has 3 rings (SSSR count). The van der Waals surface area contributed by atoms with Gasteiger partial charge in [0.1, 0.15) is 5.70 Å². The van der Waals surface area contributed by atoms with Crippen LogP contribution in [0, 0.1) is 23.8 Å². The molecule has 9 nitrogen and oxygen atoms in total. The Balaban J connectivity index is 1.84. The third-order valence-corrected chi connectivity index (χ3v) is 4.46. The van der Waals surface area contributed by atoms with Gasteiger partial charge in [-0.05, 0) is 36.8 Å². The van der Waals surface area contributed by atoms with Crippen molar-refractivity contribution in [3.05, 3.63) is 76.9 Å². The summed E-state index contributed by atoms with van der Waals surface area (Å²) in [5, 5.41) is 16.0. The molecule has 0 radical (unpaired) electrons. The summed E-state index contributed by atoms with van der Waals surface area (Å²) in [6.07, 6.45) is 1.58. The van der Waals surface area contributed by atoms with Crippen molar-refractivity contribution in [1.29, 1.82) is 10.8 Å². The van der Waals surface area contributed by atoms with Gasteiger partial charge in [0, 0.05) is 18.9 Å². The van der Waals surface area contributed by atoms with Gasteiger partial charge < -0.3 is 15.8 Å². The minimum atomic E-state index is 0.0510. The molecule has 3 aromatic rings. The van der Waals surface area contributed by atoms with Crippen LogP contribution in [0.15, 0.2) is 53.8 Å². The molecule has 9 heteroatoms. The van der Waals surface area contributed by atoms with Crippen LogP contribution in [-0.4, -0.2) is 22.1 Å². The lowest BCUT2D eigenvalue weighted by molar-refractivity contribution is 0.181. The molecule has 0 saturated carbocycles. The number of anilines is 1. The molecule has 0 aliphatic heterocycles. The molecule has 0 unspecified atom stereocenters. The molecule has 0 aliphatic rings. The normalized spacial score (nSPS) is 11.1. The van der Waals surface area contributed by atoms with Crippen LogP contribution in [0.5, 0.6) is 0 Å². The van der Waals surface area contributed by atoms with Crippen LogP contribution in [-0.2, 0) is 17.9 Å². The number of rotatable bonds is 8. The number of hydrogen-bond acceptors (Lipinski definition) is 9. The van der Waals surface area contributed by atoms with Gasteiger partial charge in [0.25, 0.3) is 0 Å². The average molecular weight is 414 g/mol. The molecule has 0 bridgehead atoms. The summed E-state index contributed by atoms with van der Waals surface area (Å²) < 4.78 is 5.10. The number of nitrogens with one attached hydrogen (secondary N) is 2. The quantitative estimate of drug-likeness (QED) is 0.478. The summed E-state index contributed by atoms with van der Waals surface area (Å²) in [4.78, 5) is 13.0. The van der Waals surface area contributed by atoms with E-state index in [0.717, 1.165) is 22.5 Å². The first-order chi connectivity index (χ1) is 15.0. The molecule has 2 aromatic heterocycles. The van der Waals surface area contributed by atoms with Crippen molar-refractivity contribution in [1.82, 2.24) is 20.3 Å². The second kappa shape index (κ2) is 10.0. The van der Waals surface area contributed by atoms with E-state index in [1.54, 1.807) is 25.4 Å². The Morgan fingerprint density at radius 1 is 1.23 bits per heavy atom. The fourth-order valence-electron chi connectivity index (χ4n) is 2.92. The fourth-order valence-corrected chi connectivity index (χ4v) is 2.92. The maximum absolute atomic E-state index is 9.29. The number of benzene rings is 1. The highest BCUT2D eigenvalue weighted by Gasteiger charge is 2.10. The van der Waals surface area contributed by atoms with E-state index in [2.05, 4.69) is 31.5 Å². The van der Waals surface area contributed by atoms with E-state index >= 15 is 0 Å².